The van der Waals surface area contributed by atoms with Crippen molar-refractivity contribution >= 4 is 44.9 Å². The first-order valence-corrected chi connectivity index (χ1v) is 23.3. The summed E-state index contributed by atoms with van der Waals surface area (Å²) in [5.41, 5.74) is 17.9. The molecule has 0 N–H and O–H groups in total. The van der Waals surface area contributed by atoms with Crippen LogP contribution in [-0.4, -0.2) is 0 Å². The molecule has 0 saturated heterocycles. The van der Waals surface area contributed by atoms with Crippen LogP contribution >= 0.6 is 0 Å². The van der Waals surface area contributed by atoms with Crippen molar-refractivity contribution in [2.45, 2.75) is 5.41 Å². The number of para-hydroxylation sites is 3. The van der Waals surface area contributed by atoms with Gasteiger partial charge < -0.3 is 14.5 Å². The highest BCUT2D eigenvalue weighted by Crippen LogP contribution is 2.58. The van der Waals surface area contributed by atoms with Crippen LogP contribution in [-0.2, 0) is 5.41 Å². The van der Waals surface area contributed by atoms with Crippen LogP contribution in [0.15, 0.2) is 267 Å². The molecule has 0 unspecified atom stereocenters. The summed E-state index contributed by atoms with van der Waals surface area (Å²) in [6.07, 6.45) is 0. The molecule has 0 amide bonds. The number of rotatable bonds is 9. The second-order valence-electron chi connectivity index (χ2n) is 17.6. The van der Waals surface area contributed by atoms with Gasteiger partial charge in [0.25, 0.3) is 0 Å². The van der Waals surface area contributed by atoms with Gasteiger partial charge in [0.2, 0.25) is 0 Å². The van der Waals surface area contributed by atoms with Gasteiger partial charge in [-0.2, -0.15) is 0 Å². The van der Waals surface area contributed by atoms with Gasteiger partial charge in [0.05, 0.1) is 16.8 Å². The third-order valence-electron chi connectivity index (χ3n) is 13.9. The van der Waals surface area contributed by atoms with Gasteiger partial charge >= 0.3 is 0 Å². The predicted octanol–water partition coefficient (Wildman–Crippen LogP) is 17.6. The maximum atomic E-state index is 7.16. The summed E-state index contributed by atoms with van der Waals surface area (Å²) in [5, 5.41) is 2.19. The molecular formula is C65H44N2O. The summed E-state index contributed by atoms with van der Waals surface area (Å²) in [6, 6.07) is 96.4. The minimum atomic E-state index is -0.491. The van der Waals surface area contributed by atoms with Crippen LogP contribution in [0.2, 0.25) is 0 Å². The number of hydrogen-bond acceptors (Lipinski definition) is 3. The summed E-state index contributed by atoms with van der Waals surface area (Å²) in [6.45, 7) is 0. The molecule has 0 bridgehead atoms. The molecule has 0 atom stereocenters. The molecule has 1 aliphatic heterocycles. The third-order valence-corrected chi connectivity index (χ3v) is 13.9. The zero-order valence-electron chi connectivity index (χ0n) is 37.2. The molecule has 11 aromatic carbocycles. The highest BCUT2D eigenvalue weighted by atomic mass is 16.5. The Kier molecular flexibility index (Phi) is 9.40. The Hall–Kier alpha value is -8.92. The van der Waals surface area contributed by atoms with Crippen LogP contribution in [0.3, 0.4) is 0 Å². The number of hydrogen-bond donors (Lipinski definition) is 0. The van der Waals surface area contributed by atoms with E-state index in [1.807, 2.05) is 0 Å². The van der Waals surface area contributed by atoms with E-state index in [-0.39, 0.29) is 0 Å². The van der Waals surface area contributed by atoms with E-state index >= 15 is 0 Å². The van der Waals surface area contributed by atoms with Crippen molar-refractivity contribution in [3.8, 4) is 44.9 Å². The lowest BCUT2D eigenvalue weighted by molar-refractivity contribution is 0.488. The molecule has 0 radical (unpaired) electrons. The van der Waals surface area contributed by atoms with E-state index in [9.17, 15) is 0 Å². The Labute approximate surface area is 397 Å². The standard InChI is InChI=1S/C65H44N2O/c1-6-20-45(21-7-1)46-36-38-51(39-37-46)67(52-40-41-59-57(44-52)53-30-16-17-34-58(53)65(59,47-22-8-2-9-23-47)48-24-10-3-11-25-48)60-42-43-62-63-54(31-18-33-56(60)63)55-32-19-35-61(64(55)68-62)66(49-26-12-4-13-27-49)50-28-14-5-15-29-50/h1-44H. The van der Waals surface area contributed by atoms with Crippen molar-refractivity contribution in [3.63, 3.8) is 0 Å². The molecule has 3 heteroatoms. The lowest BCUT2D eigenvalue weighted by Crippen LogP contribution is -2.28. The molecule has 0 spiro atoms. The van der Waals surface area contributed by atoms with E-state index in [0.717, 1.165) is 67.5 Å². The van der Waals surface area contributed by atoms with Gasteiger partial charge in [0.15, 0.2) is 5.75 Å². The Morgan fingerprint density at radius 2 is 0.809 bits per heavy atom. The molecule has 0 saturated carbocycles. The Morgan fingerprint density at radius 1 is 0.309 bits per heavy atom. The molecule has 320 valence electrons. The van der Waals surface area contributed by atoms with Gasteiger partial charge in [0, 0.05) is 39.1 Å². The minimum Gasteiger partial charge on any atom is -0.454 e. The molecule has 0 aromatic heterocycles. The Morgan fingerprint density at radius 3 is 1.49 bits per heavy atom. The molecule has 0 fully saturated rings. The maximum absolute atomic E-state index is 7.16. The van der Waals surface area contributed by atoms with E-state index < -0.39 is 5.41 Å². The van der Waals surface area contributed by atoms with Gasteiger partial charge in [0.1, 0.15) is 5.75 Å². The summed E-state index contributed by atoms with van der Waals surface area (Å²) in [7, 11) is 0. The SMILES string of the molecule is c1ccc(-c2ccc(N(c3ccc4c(c3)-c3ccccc3C4(c3ccccc3)c3ccccc3)c3ccc4c5c(cccc35)-c3cccc(N(c5ccccc5)c5ccccc5)c3O4)cc2)cc1. The monoisotopic (exact) mass is 868 g/mol. The highest BCUT2D eigenvalue weighted by molar-refractivity contribution is 6.12. The highest BCUT2D eigenvalue weighted by Gasteiger charge is 2.46. The van der Waals surface area contributed by atoms with E-state index in [1.165, 1.54) is 44.5 Å². The first-order valence-electron chi connectivity index (χ1n) is 23.3. The molecule has 3 nitrogen and oxygen atoms in total. The Bertz CT molecular complexity index is 3550. The van der Waals surface area contributed by atoms with Crippen molar-refractivity contribution in [3.05, 3.63) is 289 Å². The van der Waals surface area contributed by atoms with Crippen molar-refractivity contribution in [2.24, 2.45) is 0 Å². The lowest BCUT2D eigenvalue weighted by Gasteiger charge is -2.34. The maximum Gasteiger partial charge on any atom is 0.159 e. The fraction of sp³-hybridized carbons (Fsp3) is 0.0154. The van der Waals surface area contributed by atoms with Crippen LogP contribution in [0.25, 0.3) is 44.2 Å². The van der Waals surface area contributed by atoms with Crippen molar-refractivity contribution in [1.82, 2.24) is 0 Å². The minimum absolute atomic E-state index is 0.491. The van der Waals surface area contributed by atoms with Gasteiger partial charge in [-0.15, -0.1) is 0 Å². The number of nitrogens with zero attached hydrogens (tertiary/aromatic N) is 2. The third kappa shape index (κ3) is 6.21. The molecule has 2 aliphatic rings. The average Bonchev–Trinajstić information content (AvgIpc) is 3.71. The first kappa shape index (κ1) is 39.4. The molecule has 68 heavy (non-hydrogen) atoms. The zero-order chi connectivity index (χ0) is 45.0. The number of ether oxygens (including phenoxy) is 1. The van der Waals surface area contributed by atoms with Crippen LogP contribution in [0.4, 0.5) is 34.1 Å². The summed E-state index contributed by atoms with van der Waals surface area (Å²) >= 11 is 0. The molecule has 11 aromatic rings. The quantitative estimate of drug-likeness (QED) is 0.144. The van der Waals surface area contributed by atoms with Crippen molar-refractivity contribution in [1.29, 1.82) is 0 Å². The number of anilines is 6. The summed E-state index contributed by atoms with van der Waals surface area (Å²) in [4.78, 5) is 4.72. The van der Waals surface area contributed by atoms with Crippen LogP contribution in [0.1, 0.15) is 22.3 Å². The topological polar surface area (TPSA) is 15.7 Å². The van der Waals surface area contributed by atoms with Gasteiger partial charge in [-0.3, -0.25) is 0 Å². The molecular weight excluding hydrogens is 825 g/mol. The lowest BCUT2D eigenvalue weighted by atomic mass is 9.68. The van der Waals surface area contributed by atoms with Gasteiger partial charge in [-0.1, -0.05) is 200 Å². The second-order valence-corrected chi connectivity index (χ2v) is 17.6. The smallest absolute Gasteiger partial charge is 0.159 e. The van der Waals surface area contributed by atoms with E-state index in [4.69, 9.17) is 4.74 Å². The fourth-order valence-electron chi connectivity index (χ4n) is 11.0. The van der Waals surface area contributed by atoms with E-state index in [0.29, 0.717) is 0 Å². The zero-order valence-corrected chi connectivity index (χ0v) is 37.2. The van der Waals surface area contributed by atoms with Gasteiger partial charge in [-0.05, 0) is 117 Å². The molecule has 13 rings (SSSR count). The second kappa shape index (κ2) is 16.2. The normalized spacial score (nSPS) is 12.6. The van der Waals surface area contributed by atoms with Crippen LogP contribution in [0, 0.1) is 0 Å². The summed E-state index contributed by atoms with van der Waals surface area (Å²) in [5.74, 6) is 1.66. The van der Waals surface area contributed by atoms with Gasteiger partial charge in [-0.25, -0.2) is 0 Å². The number of benzene rings is 11. The van der Waals surface area contributed by atoms with Crippen LogP contribution in [0.5, 0.6) is 11.5 Å². The molecule has 1 heterocycles. The first-order chi connectivity index (χ1) is 33.8. The van der Waals surface area contributed by atoms with Crippen molar-refractivity contribution < 1.29 is 4.74 Å². The van der Waals surface area contributed by atoms with Crippen LogP contribution < -0.4 is 14.5 Å². The van der Waals surface area contributed by atoms with E-state index in [1.54, 1.807) is 0 Å². The molecule has 1 aliphatic carbocycles. The summed E-state index contributed by atoms with van der Waals surface area (Å²) < 4.78 is 7.16. The van der Waals surface area contributed by atoms with E-state index in [2.05, 4.69) is 277 Å². The Balaban J connectivity index is 1.01. The number of fused-ring (bicyclic) bond motifs is 5. The predicted molar refractivity (Wildman–Crippen MR) is 282 cm³/mol. The fourth-order valence-corrected chi connectivity index (χ4v) is 11.0. The van der Waals surface area contributed by atoms with Crippen molar-refractivity contribution in [2.75, 3.05) is 9.80 Å². The largest absolute Gasteiger partial charge is 0.454 e. The average molecular weight is 869 g/mol.